The molecule has 9 nitrogen and oxygen atoms in total. The highest BCUT2D eigenvalue weighted by atomic mass is 16.5. The zero-order valence-corrected chi connectivity index (χ0v) is 31.5. The van der Waals surface area contributed by atoms with Gasteiger partial charge in [-0.25, -0.2) is 0 Å². The first-order valence-corrected chi connectivity index (χ1v) is 19.1. The Balaban J connectivity index is 1.24. The summed E-state index contributed by atoms with van der Waals surface area (Å²) in [5, 5.41) is 14.0. The number of aromatic nitrogens is 4. The Kier molecular flexibility index (Phi) is 13.3. The molecular formula is C41H59N7O2. The number of ether oxygens (including phenoxy) is 1. The standard InChI is InChI=1S/C41H59N7O2/c1-8-21-46(22-19-31(9-2)29(5)6)24-25-50-35-18-17-32(10-3)37(26-35)42-27-30(7)41(49)43-36-13-12-14-38-39(36)40(33-15-16-33)45-48(38)28-34-20-23-47(11-4)44-34/h12-14,17-18,20,23,26-27,29-31,33H,8-11,15-16,19,21-22,24-25,28H2,1-7H3,(H,43,49). The molecule has 0 aliphatic heterocycles. The largest absolute Gasteiger partial charge is 0.492 e. The molecular weight excluding hydrogens is 622 g/mol. The molecule has 9 heteroatoms. The van der Waals surface area contributed by atoms with Crippen LogP contribution >= 0.6 is 0 Å². The number of nitrogens with one attached hydrogen (secondary N) is 1. The molecule has 2 atom stereocenters. The zero-order valence-electron chi connectivity index (χ0n) is 31.5. The van der Waals surface area contributed by atoms with Gasteiger partial charge in [0.15, 0.2) is 0 Å². The van der Waals surface area contributed by atoms with E-state index in [0.717, 1.165) is 109 Å². The van der Waals surface area contributed by atoms with Gasteiger partial charge in [0.2, 0.25) is 5.91 Å². The number of rotatable bonds is 20. The van der Waals surface area contributed by atoms with Crippen molar-refractivity contribution in [2.75, 3.05) is 31.6 Å². The van der Waals surface area contributed by atoms with Gasteiger partial charge in [0, 0.05) is 42.9 Å². The Morgan fingerprint density at radius 3 is 2.56 bits per heavy atom. The van der Waals surface area contributed by atoms with Gasteiger partial charge in [0.05, 0.1) is 40.7 Å². The number of fused-ring (bicyclic) bond motifs is 1. The predicted molar refractivity (Wildman–Crippen MR) is 206 cm³/mol. The van der Waals surface area contributed by atoms with Gasteiger partial charge in [-0.2, -0.15) is 10.2 Å². The summed E-state index contributed by atoms with van der Waals surface area (Å²) in [4.78, 5) is 20.9. The summed E-state index contributed by atoms with van der Waals surface area (Å²) in [5.74, 6) is 2.20. The number of amides is 1. The van der Waals surface area contributed by atoms with Crippen molar-refractivity contribution < 1.29 is 9.53 Å². The summed E-state index contributed by atoms with van der Waals surface area (Å²) in [6, 6.07) is 14.2. The van der Waals surface area contributed by atoms with Crippen molar-refractivity contribution in [1.82, 2.24) is 24.5 Å². The third-order valence-corrected chi connectivity index (χ3v) is 10.1. The number of carbonyl (C=O) groups excluding carboxylic acids is 1. The maximum atomic E-state index is 13.6. The van der Waals surface area contributed by atoms with E-state index in [0.29, 0.717) is 19.1 Å². The maximum Gasteiger partial charge on any atom is 0.232 e. The Labute approximate surface area is 299 Å². The van der Waals surface area contributed by atoms with E-state index in [9.17, 15) is 4.79 Å². The Morgan fingerprint density at radius 1 is 1.06 bits per heavy atom. The fourth-order valence-electron chi connectivity index (χ4n) is 6.80. The molecule has 0 radical (unpaired) electrons. The molecule has 270 valence electrons. The number of anilines is 1. The van der Waals surface area contributed by atoms with Crippen LogP contribution in [0.2, 0.25) is 0 Å². The third-order valence-electron chi connectivity index (χ3n) is 10.1. The van der Waals surface area contributed by atoms with Crippen LogP contribution in [0.3, 0.4) is 0 Å². The molecule has 1 aliphatic rings. The van der Waals surface area contributed by atoms with Crippen LogP contribution < -0.4 is 10.1 Å². The van der Waals surface area contributed by atoms with Crippen LogP contribution in [0, 0.1) is 17.8 Å². The zero-order chi connectivity index (χ0) is 35.6. The van der Waals surface area contributed by atoms with Crippen molar-refractivity contribution in [3.05, 3.63) is 65.6 Å². The molecule has 2 unspecified atom stereocenters. The molecule has 1 saturated carbocycles. The molecule has 2 aromatic carbocycles. The predicted octanol–water partition coefficient (Wildman–Crippen LogP) is 8.88. The summed E-state index contributed by atoms with van der Waals surface area (Å²) in [6.07, 6.45) is 10.5. The second-order valence-electron chi connectivity index (χ2n) is 14.3. The number of benzene rings is 2. The molecule has 1 amide bonds. The molecule has 4 aromatic rings. The quantitative estimate of drug-likeness (QED) is 0.0942. The van der Waals surface area contributed by atoms with E-state index in [1.54, 1.807) is 6.21 Å². The molecule has 50 heavy (non-hydrogen) atoms. The van der Waals surface area contributed by atoms with Crippen molar-refractivity contribution in [1.29, 1.82) is 0 Å². The fourth-order valence-corrected chi connectivity index (χ4v) is 6.80. The average molecular weight is 682 g/mol. The molecule has 1 fully saturated rings. The van der Waals surface area contributed by atoms with Crippen molar-refractivity contribution in [3.8, 4) is 5.75 Å². The van der Waals surface area contributed by atoms with Crippen molar-refractivity contribution in [2.24, 2.45) is 22.7 Å². The first-order valence-electron chi connectivity index (χ1n) is 19.1. The van der Waals surface area contributed by atoms with E-state index in [1.807, 2.05) is 52.8 Å². The van der Waals surface area contributed by atoms with Gasteiger partial charge >= 0.3 is 0 Å². The summed E-state index contributed by atoms with van der Waals surface area (Å²) in [6.45, 7) is 20.5. The second kappa shape index (κ2) is 17.8. The van der Waals surface area contributed by atoms with E-state index < -0.39 is 5.92 Å². The smallest absolute Gasteiger partial charge is 0.232 e. The summed E-state index contributed by atoms with van der Waals surface area (Å²) in [5.41, 5.74) is 5.83. The van der Waals surface area contributed by atoms with Crippen LogP contribution in [-0.2, 0) is 24.3 Å². The molecule has 1 N–H and O–H groups in total. The first-order chi connectivity index (χ1) is 24.2. The maximum absolute atomic E-state index is 13.6. The Bertz CT molecular complexity index is 1720. The van der Waals surface area contributed by atoms with Gasteiger partial charge in [-0.1, -0.05) is 53.2 Å². The van der Waals surface area contributed by atoms with Gasteiger partial charge in [-0.15, -0.1) is 0 Å². The number of hydrogen-bond donors (Lipinski definition) is 1. The monoisotopic (exact) mass is 681 g/mol. The lowest BCUT2D eigenvalue weighted by molar-refractivity contribution is -0.117. The minimum absolute atomic E-state index is 0.0957. The topological polar surface area (TPSA) is 89.6 Å². The van der Waals surface area contributed by atoms with Crippen LogP contribution in [0.25, 0.3) is 10.9 Å². The number of nitrogens with zero attached hydrogens (tertiary/aromatic N) is 6. The molecule has 0 bridgehead atoms. The molecule has 1 aliphatic carbocycles. The van der Waals surface area contributed by atoms with Gasteiger partial charge < -0.3 is 10.1 Å². The minimum Gasteiger partial charge on any atom is -0.492 e. The van der Waals surface area contributed by atoms with Crippen LogP contribution in [0.1, 0.15) is 103 Å². The molecule has 0 saturated heterocycles. The second-order valence-corrected chi connectivity index (χ2v) is 14.3. The lowest BCUT2D eigenvalue weighted by Gasteiger charge is -2.26. The highest BCUT2D eigenvalue weighted by molar-refractivity contribution is 6.07. The van der Waals surface area contributed by atoms with E-state index >= 15 is 0 Å². The highest BCUT2D eigenvalue weighted by Crippen LogP contribution is 2.44. The normalized spacial score (nSPS) is 14.7. The van der Waals surface area contributed by atoms with Crippen molar-refractivity contribution >= 4 is 34.4 Å². The van der Waals surface area contributed by atoms with Gasteiger partial charge in [0.25, 0.3) is 0 Å². The Morgan fingerprint density at radius 2 is 1.88 bits per heavy atom. The van der Waals surface area contributed by atoms with E-state index in [1.165, 1.54) is 12.8 Å². The van der Waals surface area contributed by atoms with E-state index in [2.05, 4.69) is 69.0 Å². The number of carbonyl (C=O) groups is 1. The lowest BCUT2D eigenvalue weighted by Crippen LogP contribution is -2.31. The molecule has 2 heterocycles. The SMILES string of the molecule is CCCN(CCOc1ccc(CC)c(N=CC(C)C(=O)Nc2cccc3c2c(C2CC2)nn3Cc2ccn(CC)n2)c1)CCC(CC)C(C)C. The molecule has 2 aromatic heterocycles. The van der Waals surface area contributed by atoms with Crippen LogP contribution in [0.15, 0.2) is 53.7 Å². The number of aryl methyl sites for hydroxylation is 2. The molecule has 5 rings (SSSR count). The van der Waals surface area contributed by atoms with E-state index in [-0.39, 0.29) is 5.91 Å². The van der Waals surface area contributed by atoms with Gasteiger partial charge in [-0.3, -0.25) is 24.1 Å². The minimum atomic E-state index is -0.433. The van der Waals surface area contributed by atoms with E-state index in [4.69, 9.17) is 14.8 Å². The average Bonchev–Trinajstić information content (AvgIpc) is 3.75. The van der Waals surface area contributed by atoms with Crippen LogP contribution in [0.4, 0.5) is 11.4 Å². The fraction of sp³-hybridized carbons (Fsp3) is 0.561. The van der Waals surface area contributed by atoms with Gasteiger partial charge in [0.1, 0.15) is 12.4 Å². The van der Waals surface area contributed by atoms with Crippen molar-refractivity contribution in [2.45, 2.75) is 106 Å². The summed E-state index contributed by atoms with van der Waals surface area (Å²) in [7, 11) is 0. The summed E-state index contributed by atoms with van der Waals surface area (Å²) >= 11 is 0. The Hall–Kier alpha value is -3.98. The lowest BCUT2D eigenvalue weighted by atomic mass is 9.90. The van der Waals surface area contributed by atoms with Crippen molar-refractivity contribution in [3.63, 3.8) is 0 Å². The number of hydrogen-bond acceptors (Lipinski definition) is 6. The van der Waals surface area contributed by atoms with Crippen LogP contribution in [-0.4, -0.2) is 62.8 Å². The van der Waals surface area contributed by atoms with Gasteiger partial charge in [-0.05, 0) is 101 Å². The highest BCUT2D eigenvalue weighted by Gasteiger charge is 2.31. The first kappa shape index (κ1) is 37.3. The third kappa shape index (κ3) is 9.62. The van der Waals surface area contributed by atoms with Crippen LogP contribution in [0.5, 0.6) is 5.75 Å². The molecule has 0 spiro atoms. The number of aliphatic imine (C=N–C) groups is 1. The summed E-state index contributed by atoms with van der Waals surface area (Å²) < 4.78 is 10.2.